The molecule has 0 radical (unpaired) electrons. The molecule has 1 aromatic rings. The molecule has 1 amide bonds. The van der Waals surface area contributed by atoms with Crippen molar-refractivity contribution in [2.24, 2.45) is 5.92 Å². The number of pyridine rings is 1. The van der Waals surface area contributed by atoms with Crippen LogP contribution in [-0.2, 0) is 17.8 Å². The Bertz CT molecular complexity index is 374. The topological polar surface area (TPSA) is 33.2 Å². The lowest BCUT2D eigenvalue weighted by Crippen LogP contribution is -2.38. The molecule has 3 heteroatoms. The Labute approximate surface area is 90.1 Å². The maximum absolute atomic E-state index is 11.8. The van der Waals surface area contributed by atoms with Crippen molar-refractivity contribution in [2.75, 3.05) is 6.54 Å². The Morgan fingerprint density at radius 2 is 2.33 bits per heavy atom. The third-order valence-electron chi connectivity index (χ3n) is 2.78. The maximum Gasteiger partial charge on any atom is 0.225 e. The first-order valence-electron chi connectivity index (χ1n) is 5.40. The van der Waals surface area contributed by atoms with Gasteiger partial charge in [-0.05, 0) is 18.1 Å². The van der Waals surface area contributed by atoms with Gasteiger partial charge in [-0.3, -0.25) is 9.78 Å². The minimum absolute atomic E-state index is 0.0789. The number of fused-ring (bicyclic) bond motifs is 1. The molecule has 0 saturated carbocycles. The number of carbonyl (C=O) groups excluding carboxylic acids is 1. The molecule has 1 aromatic heterocycles. The number of hydrogen-bond acceptors (Lipinski definition) is 2. The molecule has 0 aliphatic carbocycles. The number of amides is 1. The van der Waals surface area contributed by atoms with Crippen molar-refractivity contribution >= 4 is 5.91 Å². The zero-order valence-electron chi connectivity index (χ0n) is 9.23. The summed E-state index contributed by atoms with van der Waals surface area (Å²) in [7, 11) is 0. The molecule has 1 aliphatic heterocycles. The van der Waals surface area contributed by atoms with Gasteiger partial charge < -0.3 is 4.90 Å². The van der Waals surface area contributed by atoms with Crippen LogP contribution in [0.4, 0.5) is 0 Å². The number of rotatable bonds is 1. The van der Waals surface area contributed by atoms with Gasteiger partial charge in [-0.25, -0.2) is 0 Å². The third-order valence-corrected chi connectivity index (χ3v) is 2.78. The van der Waals surface area contributed by atoms with Gasteiger partial charge in [0.25, 0.3) is 0 Å². The monoisotopic (exact) mass is 204 g/mol. The second kappa shape index (κ2) is 4.01. The van der Waals surface area contributed by atoms with Crippen LogP contribution in [-0.4, -0.2) is 22.3 Å². The molecular weight excluding hydrogens is 188 g/mol. The molecule has 0 aromatic carbocycles. The predicted molar refractivity (Wildman–Crippen MR) is 58.2 cm³/mol. The number of carbonyl (C=O) groups is 1. The van der Waals surface area contributed by atoms with Crippen molar-refractivity contribution < 1.29 is 4.79 Å². The Morgan fingerprint density at radius 3 is 3.07 bits per heavy atom. The van der Waals surface area contributed by atoms with Gasteiger partial charge in [-0.15, -0.1) is 0 Å². The standard InChI is InChI=1S/C12H16N2O/c1-9(2)12(15)14-7-5-10-4-3-6-13-11(10)8-14/h3-4,6,9H,5,7-8H2,1-2H3. The van der Waals surface area contributed by atoms with E-state index < -0.39 is 0 Å². The Hall–Kier alpha value is -1.38. The van der Waals surface area contributed by atoms with Crippen LogP contribution in [0.25, 0.3) is 0 Å². The smallest absolute Gasteiger partial charge is 0.225 e. The zero-order valence-corrected chi connectivity index (χ0v) is 9.23. The third kappa shape index (κ3) is 2.01. The summed E-state index contributed by atoms with van der Waals surface area (Å²) in [5, 5.41) is 0. The number of aromatic nitrogens is 1. The van der Waals surface area contributed by atoms with E-state index in [0.29, 0.717) is 6.54 Å². The molecular formula is C12H16N2O. The van der Waals surface area contributed by atoms with Gasteiger partial charge in [0, 0.05) is 18.7 Å². The Kier molecular flexibility index (Phi) is 2.71. The van der Waals surface area contributed by atoms with Crippen LogP contribution in [0.5, 0.6) is 0 Å². The van der Waals surface area contributed by atoms with Crippen LogP contribution in [0.3, 0.4) is 0 Å². The maximum atomic E-state index is 11.8. The zero-order chi connectivity index (χ0) is 10.8. The largest absolute Gasteiger partial charge is 0.336 e. The van der Waals surface area contributed by atoms with Gasteiger partial charge in [0.15, 0.2) is 0 Å². The average Bonchev–Trinajstić information content (AvgIpc) is 2.27. The van der Waals surface area contributed by atoms with E-state index in [4.69, 9.17) is 0 Å². The van der Waals surface area contributed by atoms with Crippen molar-refractivity contribution in [1.82, 2.24) is 9.88 Å². The van der Waals surface area contributed by atoms with Gasteiger partial charge in [0.1, 0.15) is 0 Å². The van der Waals surface area contributed by atoms with Crippen LogP contribution >= 0.6 is 0 Å². The van der Waals surface area contributed by atoms with E-state index in [0.717, 1.165) is 18.7 Å². The molecule has 0 fully saturated rings. The van der Waals surface area contributed by atoms with Crippen molar-refractivity contribution in [1.29, 1.82) is 0 Å². The van der Waals surface area contributed by atoms with Crippen molar-refractivity contribution in [3.63, 3.8) is 0 Å². The minimum atomic E-state index is 0.0789. The van der Waals surface area contributed by atoms with E-state index in [1.807, 2.05) is 24.8 Å². The summed E-state index contributed by atoms with van der Waals surface area (Å²) in [6.07, 6.45) is 2.73. The molecule has 15 heavy (non-hydrogen) atoms. The first kappa shape index (κ1) is 10.1. The summed E-state index contributed by atoms with van der Waals surface area (Å²) in [6, 6.07) is 4.05. The lowest BCUT2D eigenvalue weighted by molar-refractivity contribution is -0.135. The Balaban J connectivity index is 2.15. The molecule has 0 N–H and O–H groups in total. The average molecular weight is 204 g/mol. The number of nitrogens with zero attached hydrogens (tertiary/aromatic N) is 2. The fourth-order valence-corrected chi connectivity index (χ4v) is 1.91. The highest BCUT2D eigenvalue weighted by molar-refractivity contribution is 5.78. The SMILES string of the molecule is CC(C)C(=O)N1CCc2cccnc2C1. The fourth-order valence-electron chi connectivity index (χ4n) is 1.91. The van der Waals surface area contributed by atoms with Crippen LogP contribution in [0.15, 0.2) is 18.3 Å². The first-order valence-corrected chi connectivity index (χ1v) is 5.40. The van der Waals surface area contributed by atoms with Crippen molar-refractivity contribution in [3.05, 3.63) is 29.6 Å². The van der Waals surface area contributed by atoms with Gasteiger partial charge in [-0.1, -0.05) is 19.9 Å². The van der Waals surface area contributed by atoms with E-state index in [9.17, 15) is 4.79 Å². The normalized spacial score (nSPS) is 15.3. The van der Waals surface area contributed by atoms with Crippen LogP contribution < -0.4 is 0 Å². The molecule has 0 atom stereocenters. The summed E-state index contributed by atoms with van der Waals surface area (Å²) in [5.41, 5.74) is 2.34. The van der Waals surface area contributed by atoms with E-state index in [1.165, 1.54) is 5.56 Å². The first-order chi connectivity index (χ1) is 7.18. The summed E-state index contributed by atoms with van der Waals surface area (Å²) >= 11 is 0. The number of hydrogen-bond donors (Lipinski definition) is 0. The second-order valence-electron chi connectivity index (χ2n) is 4.27. The second-order valence-corrected chi connectivity index (χ2v) is 4.27. The summed E-state index contributed by atoms with van der Waals surface area (Å²) in [5.74, 6) is 0.307. The van der Waals surface area contributed by atoms with E-state index >= 15 is 0 Å². The van der Waals surface area contributed by atoms with Gasteiger partial charge >= 0.3 is 0 Å². The fraction of sp³-hybridized carbons (Fsp3) is 0.500. The van der Waals surface area contributed by atoms with E-state index in [1.54, 1.807) is 6.20 Å². The summed E-state index contributed by atoms with van der Waals surface area (Å²) < 4.78 is 0. The van der Waals surface area contributed by atoms with E-state index in [-0.39, 0.29) is 11.8 Å². The molecule has 1 aliphatic rings. The molecule has 2 heterocycles. The van der Waals surface area contributed by atoms with Gasteiger partial charge in [0.2, 0.25) is 5.91 Å². The van der Waals surface area contributed by atoms with Crippen LogP contribution in [0, 0.1) is 5.92 Å². The summed E-state index contributed by atoms with van der Waals surface area (Å²) in [6.45, 7) is 5.38. The molecule has 80 valence electrons. The molecule has 0 bridgehead atoms. The highest BCUT2D eigenvalue weighted by Crippen LogP contribution is 2.17. The molecule has 3 nitrogen and oxygen atoms in total. The predicted octanol–water partition coefficient (Wildman–Crippen LogP) is 1.62. The lowest BCUT2D eigenvalue weighted by Gasteiger charge is -2.29. The Morgan fingerprint density at radius 1 is 1.53 bits per heavy atom. The summed E-state index contributed by atoms with van der Waals surface area (Å²) in [4.78, 5) is 18.0. The molecule has 0 saturated heterocycles. The van der Waals surface area contributed by atoms with E-state index in [2.05, 4.69) is 11.1 Å². The van der Waals surface area contributed by atoms with Crippen molar-refractivity contribution in [3.8, 4) is 0 Å². The molecule has 0 spiro atoms. The minimum Gasteiger partial charge on any atom is -0.336 e. The molecule has 0 unspecified atom stereocenters. The highest BCUT2D eigenvalue weighted by atomic mass is 16.2. The van der Waals surface area contributed by atoms with Gasteiger partial charge in [0.05, 0.1) is 12.2 Å². The highest BCUT2D eigenvalue weighted by Gasteiger charge is 2.22. The van der Waals surface area contributed by atoms with Crippen LogP contribution in [0.1, 0.15) is 25.1 Å². The lowest BCUT2D eigenvalue weighted by atomic mass is 10.0. The molecule has 2 rings (SSSR count). The quantitative estimate of drug-likeness (QED) is 0.696. The van der Waals surface area contributed by atoms with Gasteiger partial charge in [-0.2, -0.15) is 0 Å². The van der Waals surface area contributed by atoms with Crippen LogP contribution in [0.2, 0.25) is 0 Å². The van der Waals surface area contributed by atoms with Crippen molar-refractivity contribution in [2.45, 2.75) is 26.8 Å².